The van der Waals surface area contributed by atoms with Crippen LogP contribution in [0.2, 0.25) is 0 Å². The molecule has 0 radical (unpaired) electrons. The third kappa shape index (κ3) is 3.43. The molecule has 3 rings (SSSR count). The highest BCUT2D eigenvalue weighted by molar-refractivity contribution is 5.14. The zero-order valence-electron chi connectivity index (χ0n) is 11.0. The van der Waals surface area contributed by atoms with Gasteiger partial charge in [-0.05, 0) is 5.56 Å². The molecule has 4 nitrogen and oxygen atoms in total. The van der Waals surface area contributed by atoms with Crippen molar-refractivity contribution in [2.45, 2.75) is 19.2 Å². The molecule has 2 heterocycles. The van der Waals surface area contributed by atoms with Crippen molar-refractivity contribution in [2.75, 3.05) is 19.7 Å². The molecule has 1 aromatic carbocycles. The minimum Gasteiger partial charge on any atom is -0.374 e. The molecule has 2 aromatic rings. The molecular formula is C15H19N3O. The first-order valence-corrected chi connectivity index (χ1v) is 6.74. The molecule has 4 heteroatoms. The SMILES string of the molecule is c1ccc(CN2CCO[C@@H](Cn3ccnc3)C2)cc1. The zero-order valence-corrected chi connectivity index (χ0v) is 11.0. The van der Waals surface area contributed by atoms with E-state index in [1.807, 2.05) is 18.7 Å². The molecule has 1 aliphatic rings. The molecule has 0 spiro atoms. The van der Waals surface area contributed by atoms with Crippen LogP contribution < -0.4 is 0 Å². The average Bonchev–Trinajstić information content (AvgIpc) is 2.93. The molecule has 0 N–H and O–H groups in total. The summed E-state index contributed by atoms with van der Waals surface area (Å²) in [5, 5.41) is 0. The number of ether oxygens (including phenoxy) is 1. The Morgan fingerprint density at radius 3 is 2.95 bits per heavy atom. The number of imidazole rings is 1. The molecular weight excluding hydrogens is 238 g/mol. The highest BCUT2D eigenvalue weighted by Crippen LogP contribution is 2.11. The van der Waals surface area contributed by atoms with E-state index >= 15 is 0 Å². The summed E-state index contributed by atoms with van der Waals surface area (Å²) in [5.41, 5.74) is 1.37. The van der Waals surface area contributed by atoms with Gasteiger partial charge in [0.25, 0.3) is 0 Å². The third-order valence-electron chi connectivity index (χ3n) is 3.45. The number of hydrogen-bond acceptors (Lipinski definition) is 3. The van der Waals surface area contributed by atoms with E-state index in [2.05, 4.69) is 44.8 Å². The predicted molar refractivity (Wildman–Crippen MR) is 73.7 cm³/mol. The van der Waals surface area contributed by atoms with Gasteiger partial charge in [0.15, 0.2) is 0 Å². The molecule has 1 atom stereocenters. The van der Waals surface area contributed by atoms with Crippen LogP contribution in [0.25, 0.3) is 0 Å². The second kappa shape index (κ2) is 5.99. The van der Waals surface area contributed by atoms with Gasteiger partial charge in [-0.25, -0.2) is 4.98 Å². The van der Waals surface area contributed by atoms with E-state index in [1.165, 1.54) is 5.56 Å². The highest BCUT2D eigenvalue weighted by Gasteiger charge is 2.20. The molecule has 1 fully saturated rings. The number of morpholine rings is 1. The quantitative estimate of drug-likeness (QED) is 0.836. The van der Waals surface area contributed by atoms with Crippen LogP contribution in [0.15, 0.2) is 49.1 Å². The molecule has 0 amide bonds. The van der Waals surface area contributed by atoms with Crippen LogP contribution in [0.3, 0.4) is 0 Å². The van der Waals surface area contributed by atoms with Crippen molar-refractivity contribution in [3.63, 3.8) is 0 Å². The van der Waals surface area contributed by atoms with Crippen molar-refractivity contribution in [1.82, 2.24) is 14.5 Å². The van der Waals surface area contributed by atoms with Gasteiger partial charge in [0.1, 0.15) is 0 Å². The first-order valence-electron chi connectivity index (χ1n) is 6.74. The lowest BCUT2D eigenvalue weighted by atomic mass is 10.2. The lowest BCUT2D eigenvalue weighted by Gasteiger charge is -2.33. The Morgan fingerprint density at radius 1 is 1.26 bits per heavy atom. The van der Waals surface area contributed by atoms with Gasteiger partial charge in [-0.1, -0.05) is 30.3 Å². The fourth-order valence-electron chi connectivity index (χ4n) is 2.51. The Hall–Kier alpha value is -1.65. The topological polar surface area (TPSA) is 30.3 Å². The van der Waals surface area contributed by atoms with Crippen molar-refractivity contribution < 1.29 is 4.74 Å². The van der Waals surface area contributed by atoms with E-state index < -0.39 is 0 Å². The standard InChI is InChI=1S/C15H19N3O/c1-2-4-14(5-3-1)10-17-8-9-19-15(11-17)12-18-7-6-16-13-18/h1-7,13,15H,8-12H2/t15-/m1/s1. The summed E-state index contributed by atoms with van der Waals surface area (Å²) in [5.74, 6) is 0. The minimum absolute atomic E-state index is 0.256. The van der Waals surface area contributed by atoms with E-state index in [0.717, 1.165) is 32.8 Å². The first-order chi connectivity index (χ1) is 9.40. The Kier molecular flexibility index (Phi) is 3.91. The lowest BCUT2D eigenvalue weighted by Crippen LogP contribution is -2.43. The molecule has 1 aliphatic heterocycles. The summed E-state index contributed by atoms with van der Waals surface area (Å²) >= 11 is 0. The van der Waals surface area contributed by atoms with Crippen molar-refractivity contribution >= 4 is 0 Å². The van der Waals surface area contributed by atoms with Crippen molar-refractivity contribution in [1.29, 1.82) is 0 Å². The largest absolute Gasteiger partial charge is 0.374 e. The van der Waals surface area contributed by atoms with Crippen LogP contribution in [0.5, 0.6) is 0 Å². The van der Waals surface area contributed by atoms with Gasteiger partial charge in [0.05, 0.1) is 25.6 Å². The van der Waals surface area contributed by atoms with E-state index in [9.17, 15) is 0 Å². The van der Waals surface area contributed by atoms with E-state index in [-0.39, 0.29) is 6.10 Å². The fraction of sp³-hybridized carbons (Fsp3) is 0.400. The molecule has 1 aromatic heterocycles. The number of hydrogen-bond donors (Lipinski definition) is 0. The third-order valence-corrected chi connectivity index (χ3v) is 3.45. The lowest BCUT2D eigenvalue weighted by molar-refractivity contribution is -0.0387. The predicted octanol–water partition coefficient (Wildman–Crippen LogP) is 1.78. The van der Waals surface area contributed by atoms with Gasteiger partial charge in [0, 0.05) is 32.0 Å². The maximum absolute atomic E-state index is 5.83. The summed E-state index contributed by atoms with van der Waals surface area (Å²) in [6.45, 7) is 4.69. The first kappa shape index (κ1) is 12.4. The zero-order chi connectivity index (χ0) is 12.9. The number of nitrogens with zero attached hydrogens (tertiary/aromatic N) is 3. The molecule has 0 saturated carbocycles. The van der Waals surface area contributed by atoms with Crippen LogP contribution in [0, 0.1) is 0 Å². The number of rotatable bonds is 4. The van der Waals surface area contributed by atoms with E-state index in [0.29, 0.717) is 0 Å². The van der Waals surface area contributed by atoms with Gasteiger partial charge in [0.2, 0.25) is 0 Å². The Morgan fingerprint density at radius 2 is 2.16 bits per heavy atom. The van der Waals surface area contributed by atoms with Crippen LogP contribution in [0.1, 0.15) is 5.56 Å². The van der Waals surface area contributed by atoms with Gasteiger partial charge in [-0.15, -0.1) is 0 Å². The van der Waals surface area contributed by atoms with Gasteiger partial charge in [-0.3, -0.25) is 4.90 Å². The molecule has 0 aliphatic carbocycles. The normalized spacial score (nSPS) is 20.5. The van der Waals surface area contributed by atoms with E-state index in [1.54, 1.807) is 0 Å². The monoisotopic (exact) mass is 257 g/mol. The van der Waals surface area contributed by atoms with Gasteiger partial charge >= 0.3 is 0 Å². The van der Waals surface area contributed by atoms with Crippen molar-refractivity contribution in [3.8, 4) is 0 Å². The summed E-state index contributed by atoms with van der Waals surface area (Å²) in [4.78, 5) is 6.53. The molecule has 0 unspecified atom stereocenters. The fourth-order valence-corrected chi connectivity index (χ4v) is 2.51. The van der Waals surface area contributed by atoms with Crippen LogP contribution in [-0.4, -0.2) is 40.3 Å². The molecule has 0 bridgehead atoms. The smallest absolute Gasteiger partial charge is 0.0946 e. The number of benzene rings is 1. The summed E-state index contributed by atoms with van der Waals surface area (Å²) in [7, 11) is 0. The summed E-state index contributed by atoms with van der Waals surface area (Å²) in [6, 6.07) is 10.6. The van der Waals surface area contributed by atoms with Gasteiger partial charge in [-0.2, -0.15) is 0 Å². The second-order valence-electron chi connectivity index (χ2n) is 4.97. The van der Waals surface area contributed by atoms with Crippen LogP contribution >= 0.6 is 0 Å². The summed E-state index contributed by atoms with van der Waals surface area (Å²) < 4.78 is 7.91. The van der Waals surface area contributed by atoms with Crippen LogP contribution in [0.4, 0.5) is 0 Å². The Bertz CT molecular complexity index is 483. The van der Waals surface area contributed by atoms with Crippen LogP contribution in [-0.2, 0) is 17.8 Å². The van der Waals surface area contributed by atoms with E-state index in [4.69, 9.17) is 4.74 Å². The average molecular weight is 257 g/mol. The highest BCUT2D eigenvalue weighted by atomic mass is 16.5. The van der Waals surface area contributed by atoms with Crippen molar-refractivity contribution in [2.24, 2.45) is 0 Å². The minimum atomic E-state index is 0.256. The van der Waals surface area contributed by atoms with Crippen molar-refractivity contribution in [3.05, 3.63) is 54.6 Å². The second-order valence-corrected chi connectivity index (χ2v) is 4.97. The number of aromatic nitrogens is 2. The molecule has 1 saturated heterocycles. The Balaban J connectivity index is 1.56. The molecule has 100 valence electrons. The maximum Gasteiger partial charge on any atom is 0.0946 e. The Labute approximate surface area is 113 Å². The maximum atomic E-state index is 5.83. The summed E-state index contributed by atoms with van der Waals surface area (Å²) in [6.07, 6.45) is 5.90. The molecule has 19 heavy (non-hydrogen) atoms. The van der Waals surface area contributed by atoms with Gasteiger partial charge < -0.3 is 9.30 Å².